The fraction of sp³-hybridized carbons (Fsp3) is 0.462. The van der Waals surface area contributed by atoms with E-state index in [0.717, 1.165) is 39.8 Å². The number of halogens is 1. The van der Waals surface area contributed by atoms with Gasteiger partial charge in [-0.3, -0.25) is 0 Å². The van der Waals surface area contributed by atoms with Crippen LogP contribution in [-0.2, 0) is 6.54 Å². The van der Waals surface area contributed by atoms with Crippen molar-refractivity contribution < 1.29 is 9.84 Å². The van der Waals surface area contributed by atoms with Crippen LogP contribution in [0.25, 0.3) is 10.9 Å². The largest absolute Gasteiger partial charge is 0.504 e. The van der Waals surface area contributed by atoms with Gasteiger partial charge in [-0.1, -0.05) is 28.1 Å². The Kier molecular flexibility index (Phi) is 8.11. The van der Waals surface area contributed by atoms with Gasteiger partial charge in [-0.2, -0.15) is 4.98 Å². The number of fused-ring (bicyclic) bond motifs is 1. The summed E-state index contributed by atoms with van der Waals surface area (Å²) < 4.78 is 6.15. The van der Waals surface area contributed by atoms with Crippen LogP contribution < -0.4 is 20.3 Å². The van der Waals surface area contributed by atoms with Gasteiger partial charge in [0.05, 0.1) is 12.6 Å². The summed E-state index contributed by atoms with van der Waals surface area (Å²) in [5.74, 6) is 3.64. The molecule has 0 unspecified atom stereocenters. The molecule has 0 bridgehead atoms. The summed E-state index contributed by atoms with van der Waals surface area (Å²) in [7, 11) is 5.60. The first-order valence-corrected chi connectivity index (χ1v) is 12.7. The summed E-state index contributed by atoms with van der Waals surface area (Å²) in [6, 6.07) is 11.9. The van der Waals surface area contributed by atoms with Gasteiger partial charge >= 0.3 is 0 Å². The number of nitrogens with zero attached hydrogens (tertiary/aromatic N) is 3. The van der Waals surface area contributed by atoms with Gasteiger partial charge in [0.25, 0.3) is 0 Å². The van der Waals surface area contributed by atoms with E-state index < -0.39 is 0 Å². The lowest BCUT2D eigenvalue weighted by molar-refractivity contribution is 0.275. The van der Waals surface area contributed by atoms with Crippen LogP contribution in [0.15, 0.2) is 40.9 Å². The Hall–Kier alpha value is -2.58. The third kappa shape index (κ3) is 5.91. The fourth-order valence-corrected chi connectivity index (χ4v) is 5.17. The van der Waals surface area contributed by atoms with Crippen molar-refractivity contribution in [3.63, 3.8) is 0 Å². The minimum Gasteiger partial charge on any atom is -0.504 e. The van der Waals surface area contributed by atoms with Crippen molar-refractivity contribution in [3.8, 4) is 11.5 Å². The predicted molar refractivity (Wildman–Crippen MR) is 142 cm³/mol. The van der Waals surface area contributed by atoms with Crippen LogP contribution in [-0.4, -0.2) is 49.4 Å². The van der Waals surface area contributed by atoms with E-state index in [1.165, 1.54) is 25.7 Å². The second kappa shape index (κ2) is 11.2. The van der Waals surface area contributed by atoms with Crippen LogP contribution in [0.2, 0.25) is 0 Å². The number of hydrogen-bond donors (Lipinski definition) is 3. The van der Waals surface area contributed by atoms with Gasteiger partial charge in [0.1, 0.15) is 5.82 Å². The van der Waals surface area contributed by atoms with Crippen molar-refractivity contribution in [2.75, 3.05) is 44.5 Å². The molecule has 7 nitrogen and oxygen atoms in total. The van der Waals surface area contributed by atoms with Crippen LogP contribution in [0.4, 0.5) is 11.8 Å². The molecule has 0 aliphatic heterocycles. The second-order valence-electron chi connectivity index (χ2n) is 9.30. The molecular weight excluding hydrogens is 494 g/mol. The molecule has 0 spiro atoms. The van der Waals surface area contributed by atoms with E-state index in [-0.39, 0.29) is 5.75 Å². The molecule has 4 rings (SSSR count). The number of benzene rings is 2. The molecule has 1 aliphatic carbocycles. The van der Waals surface area contributed by atoms with Crippen LogP contribution in [0.1, 0.15) is 31.2 Å². The monoisotopic (exact) mass is 527 g/mol. The molecule has 1 heterocycles. The third-order valence-electron chi connectivity index (χ3n) is 6.61. The predicted octanol–water partition coefficient (Wildman–Crippen LogP) is 5.18. The highest BCUT2D eigenvalue weighted by molar-refractivity contribution is 9.10. The summed E-state index contributed by atoms with van der Waals surface area (Å²) in [6.07, 6.45) is 4.80. The molecule has 3 aromatic rings. The molecule has 1 fully saturated rings. The molecule has 1 aromatic heterocycles. The molecule has 182 valence electrons. The van der Waals surface area contributed by atoms with Crippen molar-refractivity contribution in [2.24, 2.45) is 11.8 Å². The van der Waals surface area contributed by atoms with Crippen molar-refractivity contribution in [3.05, 3.63) is 46.4 Å². The van der Waals surface area contributed by atoms with Crippen molar-refractivity contribution in [2.45, 2.75) is 32.2 Å². The van der Waals surface area contributed by atoms with Crippen LogP contribution >= 0.6 is 15.9 Å². The van der Waals surface area contributed by atoms with Gasteiger partial charge in [-0.25, -0.2) is 4.98 Å². The average Bonchev–Trinajstić information content (AvgIpc) is 2.84. The summed E-state index contributed by atoms with van der Waals surface area (Å²) in [5.41, 5.74) is 1.81. The summed E-state index contributed by atoms with van der Waals surface area (Å²) >= 11 is 3.48. The Bertz CT molecular complexity index is 1120. The summed E-state index contributed by atoms with van der Waals surface area (Å²) in [6.45, 7) is 2.47. The van der Waals surface area contributed by atoms with Gasteiger partial charge in [0.15, 0.2) is 11.5 Å². The normalized spacial score (nSPS) is 18.1. The lowest BCUT2D eigenvalue weighted by Crippen LogP contribution is -2.28. The molecule has 0 atom stereocenters. The van der Waals surface area contributed by atoms with E-state index in [9.17, 15) is 5.11 Å². The molecule has 0 radical (unpaired) electrons. The number of methoxy groups -OCH3 is 1. The zero-order valence-electron chi connectivity index (χ0n) is 20.1. The van der Waals surface area contributed by atoms with Crippen LogP contribution in [0.5, 0.6) is 11.5 Å². The molecule has 0 saturated heterocycles. The van der Waals surface area contributed by atoms with E-state index in [0.29, 0.717) is 30.1 Å². The van der Waals surface area contributed by atoms with Crippen molar-refractivity contribution in [1.82, 2.24) is 15.3 Å². The number of phenolic OH excluding ortho intramolecular Hbond substituents is 1. The Morgan fingerprint density at radius 1 is 1.06 bits per heavy atom. The molecule has 2 aromatic carbocycles. The Morgan fingerprint density at radius 2 is 1.76 bits per heavy atom. The van der Waals surface area contributed by atoms with Gasteiger partial charge < -0.3 is 25.4 Å². The Morgan fingerprint density at radius 3 is 2.47 bits per heavy atom. The third-order valence-corrected chi connectivity index (χ3v) is 7.07. The van der Waals surface area contributed by atoms with Gasteiger partial charge in [-0.15, -0.1) is 0 Å². The highest BCUT2D eigenvalue weighted by Crippen LogP contribution is 2.34. The van der Waals surface area contributed by atoms with E-state index in [1.807, 2.05) is 43.3 Å². The zero-order valence-corrected chi connectivity index (χ0v) is 21.7. The van der Waals surface area contributed by atoms with E-state index in [2.05, 4.69) is 32.6 Å². The molecule has 1 aliphatic rings. The lowest BCUT2D eigenvalue weighted by Gasteiger charge is -2.29. The fourth-order valence-electron chi connectivity index (χ4n) is 4.68. The maximum Gasteiger partial charge on any atom is 0.225 e. The number of aromatic hydroxyl groups is 1. The SMILES string of the molecule is COc1cc(Br)cc(CNCC2CCC(CNc3nc(N(C)C)c4ccccc4n3)CC2)c1O. The number of aromatic nitrogens is 2. The number of para-hydroxylation sites is 1. The topological polar surface area (TPSA) is 82.5 Å². The number of nitrogens with one attached hydrogen (secondary N) is 2. The molecular formula is C26H34BrN5O2. The minimum absolute atomic E-state index is 0.210. The van der Waals surface area contributed by atoms with Crippen molar-refractivity contribution >= 4 is 38.6 Å². The Balaban J connectivity index is 1.25. The summed E-state index contributed by atoms with van der Waals surface area (Å²) in [5, 5.41) is 18.4. The maximum absolute atomic E-state index is 10.3. The molecule has 8 heteroatoms. The first-order chi connectivity index (χ1) is 16.4. The van der Waals surface area contributed by atoms with E-state index in [4.69, 9.17) is 14.7 Å². The second-order valence-corrected chi connectivity index (χ2v) is 10.2. The van der Waals surface area contributed by atoms with E-state index >= 15 is 0 Å². The van der Waals surface area contributed by atoms with E-state index in [1.54, 1.807) is 13.2 Å². The highest BCUT2D eigenvalue weighted by atomic mass is 79.9. The highest BCUT2D eigenvalue weighted by Gasteiger charge is 2.21. The van der Waals surface area contributed by atoms with Gasteiger partial charge in [0.2, 0.25) is 5.95 Å². The molecule has 1 saturated carbocycles. The smallest absolute Gasteiger partial charge is 0.225 e. The molecule has 34 heavy (non-hydrogen) atoms. The first kappa shape index (κ1) is 24.5. The van der Waals surface area contributed by atoms with Gasteiger partial charge in [0, 0.05) is 42.6 Å². The minimum atomic E-state index is 0.210. The molecule has 3 N–H and O–H groups in total. The van der Waals surface area contributed by atoms with Gasteiger partial charge in [-0.05, 0) is 68.3 Å². The standard InChI is InChI=1S/C26H34BrN5O2/c1-32(2)25-21-6-4-5-7-22(21)30-26(31-25)29-15-18-10-8-17(9-11-18)14-28-16-19-12-20(27)13-23(34-3)24(19)33/h4-7,12-13,17-18,28,33H,8-11,14-16H2,1-3H3,(H,29,30,31). The number of hydrogen-bond acceptors (Lipinski definition) is 7. The summed E-state index contributed by atoms with van der Waals surface area (Å²) in [4.78, 5) is 11.5. The van der Waals surface area contributed by atoms with Crippen LogP contribution in [0, 0.1) is 11.8 Å². The lowest BCUT2D eigenvalue weighted by atomic mass is 9.82. The number of anilines is 2. The quantitative estimate of drug-likeness (QED) is 0.353. The van der Waals surface area contributed by atoms with Crippen molar-refractivity contribution in [1.29, 1.82) is 0 Å². The molecule has 0 amide bonds. The number of rotatable bonds is 9. The number of phenols is 1. The van der Waals surface area contributed by atoms with Crippen LogP contribution in [0.3, 0.4) is 0 Å². The first-order valence-electron chi connectivity index (χ1n) is 11.9. The average molecular weight is 528 g/mol. The Labute approximate surface area is 210 Å². The maximum atomic E-state index is 10.3. The zero-order chi connectivity index (χ0) is 24.1. The number of ether oxygens (including phenoxy) is 1.